The van der Waals surface area contributed by atoms with Gasteiger partial charge in [0.05, 0.1) is 5.69 Å². The largest absolute Gasteiger partial charge is 0.313 e. The predicted octanol–water partition coefficient (Wildman–Crippen LogP) is 3.48. The van der Waals surface area contributed by atoms with Crippen LogP contribution in [0.3, 0.4) is 0 Å². The fourth-order valence-electron chi connectivity index (χ4n) is 2.36. The Hall–Kier alpha value is -1.13. The van der Waals surface area contributed by atoms with Crippen molar-refractivity contribution >= 4 is 15.9 Å². The number of rotatable bonds is 5. The van der Waals surface area contributed by atoms with E-state index in [1.165, 1.54) is 11.3 Å². The summed E-state index contributed by atoms with van der Waals surface area (Å²) in [6.07, 6.45) is 0.946. The van der Waals surface area contributed by atoms with Gasteiger partial charge in [-0.3, -0.25) is 4.68 Å². The van der Waals surface area contributed by atoms with E-state index >= 15 is 0 Å². The van der Waals surface area contributed by atoms with Crippen LogP contribution in [0.4, 0.5) is 0 Å². The monoisotopic (exact) mass is 321 g/mol. The summed E-state index contributed by atoms with van der Waals surface area (Å²) < 4.78 is 3.20. The van der Waals surface area contributed by atoms with Crippen LogP contribution in [0.5, 0.6) is 0 Å². The quantitative estimate of drug-likeness (QED) is 0.913. The van der Waals surface area contributed by atoms with E-state index < -0.39 is 0 Å². The first-order valence-corrected chi connectivity index (χ1v) is 7.39. The molecule has 19 heavy (non-hydrogen) atoms. The topological polar surface area (TPSA) is 29.9 Å². The summed E-state index contributed by atoms with van der Waals surface area (Å²) in [5.41, 5.74) is 3.65. The first-order valence-electron chi connectivity index (χ1n) is 6.60. The number of likely N-dealkylation sites (N-methyl/N-ethyl adjacent to an activating group) is 1. The van der Waals surface area contributed by atoms with Crippen LogP contribution in [0.25, 0.3) is 0 Å². The van der Waals surface area contributed by atoms with E-state index in [1.54, 1.807) is 0 Å². The molecule has 2 aromatic rings. The van der Waals surface area contributed by atoms with Gasteiger partial charge in [-0.05, 0) is 44.7 Å². The zero-order valence-electron chi connectivity index (χ0n) is 11.7. The van der Waals surface area contributed by atoms with Gasteiger partial charge in [-0.2, -0.15) is 5.10 Å². The van der Waals surface area contributed by atoms with Crippen molar-refractivity contribution in [1.82, 2.24) is 15.1 Å². The van der Waals surface area contributed by atoms with Gasteiger partial charge in [0.2, 0.25) is 0 Å². The second kappa shape index (κ2) is 6.35. The average molecular weight is 322 g/mol. The van der Waals surface area contributed by atoms with Crippen LogP contribution < -0.4 is 5.32 Å². The van der Waals surface area contributed by atoms with Crippen molar-refractivity contribution < 1.29 is 0 Å². The Morgan fingerprint density at radius 1 is 1.37 bits per heavy atom. The molecule has 0 fully saturated rings. The second-order valence-electron chi connectivity index (χ2n) is 4.69. The fraction of sp³-hybridized carbons (Fsp3) is 0.400. The van der Waals surface area contributed by atoms with Crippen molar-refractivity contribution in [2.45, 2.75) is 32.9 Å². The van der Waals surface area contributed by atoms with Gasteiger partial charge in [0, 0.05) is 29.2 Å². The normalized spacial score (nSPS) is 12.6. The minimum atomic E-state index is 0.305. The molecule has 0 saturated heterocycles. The number of nitrogens with zero attached hydrogens (tertiary/aromatic N) is 2. The highest BCUT2D eigenvalue weighted by Crippen LogP contribution is 2.22. The van der Waals surface area contributed by atoms with Gasteiger partial charge < -0.3 is 5.32 Å². The SMILES string of the molecule is CCn1nc(C)cc1CC(NC)c1cccc(Br)c1. The average Bonchev–Trinajstić information content (AvgIpc) is 2.76. The first kappa shape index (κ1) is 14.3. The molecule has 1 N–H and O–H groups in total. The van der Waals surface area contributed by atoms with Crippen molar-refractivity contribution in [3.05, 3.63) is 51.8 Å². The van der Waals surface area contributed by atoms with Gasteiger partial charge >= 0.3 is 0 Å². The molecule has 3 nitrogen and oxygen atoms in total. The third-order valence-corrected chi connectivity index (χ3v) is 3.79. The maximum Gasteiger partial charge on any atom is 0.0596 e. The molecule has 0 bridgehead atoms. The van der Waals surface area contributed by atoms with Crippen LogP contribution in [0.15, 0.2) is 34.8 Å². The number of hydrogen-bond donors (Lipinski definition) is 1. The first-order chi connectivity index (χ1) is 9.13. The lowest BCUT2D eigenvalue weighted by molar-refractivity contribution is 0.541. The number of nitrogens with one attached hydrogen (secondary N) is 1. The van der Waals surface area contributed by atoms with E-state index in [0.29, 0.717) is 6.04 Å². The fourth-order valence-corrected chi connectivity index (χ4v) is 2.77. The zero-order valence-corrected chi connectivity index (χ0v) is 13.2. The molecule has 0 saturated carbocycles. The predicted molar refractivity (Wildman–Crippen MR) is 82.3 cm³/mol. The molecule has 0 aliphatic carbocycles. The molecule has 0 amide bonds. The Labute approximate surface area is 123 Å². The molecular formula is C15H20BrN3. The molecule has 1 unspecified atom stereocenters. The summed E-state index contributed by atoms with van der Waals surface area (Å²) in [5, 5.41) is 7.90. The smallest absolute Gasteiger partial charge is 0.0596 e. The highest BCUT2D eigenvalue weighted by Gasteiger charge is 2.14. The molecule has 1 heterocycles. The molecular weight excluding hydrogens is 302 g/mol. The Bertz CT molecular complexity index is 548. The third-order valence-electron chi connectivity index (χ3n) is 3.30. The van der Waals surface area contributed by atoms with E-state index in [2.05, 4.69) is 68.3 Å². The van der Waals surface area contributed by atoms with Crippen molar-refractivity contribution in [2.24, 2.45) is 0 Å². The van der Waals surface area contributed by atoms with Crippen LogP contribution >= 0.6 is 15.9 Å². The molecule has 0 radical (unpaired) electrons. The maximum absolute atomic E-state index is 4.51. The highest BCUT2D eigenvalue weighted by atomic mass is 79.9. The number of aromatic nitrogens is 2. The molecule has 0 aliphatic rings. The highest BCUT2D eigenvalue weighted by molar-refractivity contribution is 9.10. The molecule has 0 aliphatic heterocycles. The number of benzene rings is 1. The maximum atomic E-state index is 4.51. The minimum Gasteiger partial charge on any atom is -0.313 e. The van der Waals surface area contributed by atoms with Gasteiger partial charge in [0.1, 0.15) is 0 Å². The molecule has 1 aromatic heterocycles. The summed E-state index contributed by atoms with van der Waals surface area (Å²) >= 11 is 3.53. The number of halogens is 1. The van der Waals surface area contributed by atoms with Gasteiger partial charge in [-0.15, -0.1) is 0 Å². The summed E-state index contributed by atoms with van der Waals surface area (Å²) in [5.74, 6) is 0. The summed E-state index contributed by atoms with van der Waals surface area (Å²) in [6, 6.07) is 10.9. The Balaban J connectivity index is 2.23. The molecule has 1 atom stereocenters. The van der Waals surface area contributed by atoms with Crippen molar-refractivity contribution in [2.75, 3.05) is 7.05 Å². The standard InChI is InChI=1S/C15H20BrN3/c1-4-19-14(8-11(2)18-19)10-15(17-3)12-6-5-7-13(16)9-12/h5-9,15,17H,4,10H2,1-3H3. The molecule has 0 spiro atoms. The lowest BCUT2D eigenvalue weighted by Crippen LogP contribution is -2.20. The van der Waals surface area contributed by atoms with E-state index in [4.69, 9.17) is 0 Å². The third kappa shape index (κ3) is 3.45. The van der Waals surface area contributed by atoms with E-state index in [0.717, 1.165) is 23.1 Å². The van der Waals surface area contributed by atoms with Crippen LogP contribution in [-0.2, 0) is 13.0 Å². The lowest BCUT2D eigenvalue weighted by atomic mass is 10.0. The Kier molecular flexibility index (Phi) is 4.77. The van der Waals surface area contributed by atoms with E-state index in [9.17, 15) is 0 Å². The molecule has 4 heteroatoms. The van der Waals surface area contributed by atoms with Crippen LogP contribution in [0.1, 0.15) is 29.9 Å². The van der Waals surface area contributed by atoms with Crippen molar-refractivity contribution in [3.63, 3.8) is 0 Å². The zero-order chi connectivity index (χ0) is 13.8. The van der Waals surface area contributed by atoms with E-state index in [1.807, 2.05) is 14.0 Å². The number of hydrogen-bond acceptors (Lipinski definition) is 2. The molecule has 1 aromatic carbocycles. The summed E-state index contributed by atoms with van der Waals surface area (Å²) in [6.45, 7) is 5.09. The summed E-state index contributed by atoms with van der Waals surface area (Å²) in [4.78, 5) is 0. The van der Waals surface area contributed by atoms with Crippen LogP contribution in [0, 0.1) is 6.92 Å². The van der Waals surface area contributed by atoms with Gasteiger partial charge in [0.25, 0.3) is 0 Å². The minimum absolute atomic E-state index is 0.305. The van der Waals surface area contributed by atoms with Gasteiger partial charge in [-0.1, -0.05) is 28.1 Å². The lowest BCUT2D eigenvalue weighted by Gasteiger charge is -2.17. The number of aryl methyl sites for hydroxylation is 2. The van der Waals surface area contributed by atoms with E-state index in [-0.39, 0.29) is 0 Å². The van der Waals surface area contributed by atoms with Crippen molar-refractivity contribution in [3.8, 4) is 0 Å². The second-order valence-corrected chi connectivity index (χ2v) is 5.61. The Morgan fingerprint density at radius 3 is 2.79 bits per heavy atom. The Morgan fingerprint density at radius 2 is 2.16 bits per heavy atom. The van der Waals surface area contributed by atoms with Crippen LogP contribution in [-0.4, -0.2) is 16.8 Å². The molecule has 102 valence electrons. The molecule has 2 rings (SSSR count). The summed E-state index contributed by atoms with van der Waals surface area (Å²) in [7, 11) is 2.01. The van der Waals surface area contributed by atoms with Crippen molar-refractivity contribution in [1.29, 1.82) is 0 Å². The van der Waals surface area contributed by atoms with Crippen LogP contribution in [0.2, 0.25) is 0 Å². The van der Waals surface area contributed by atoms with Gasteiger partial charge in [-0.25, -0.2) is 0 Å². The van der Waals surface area contributed by atoms with Gasteiger partial charge in [0.15, 0.2) is 0 Å².